The predicted molar refractivity (Wildman–Crippen MR) is 135 cm³/mol. The van der Waals surface area contributed by atoms with E-state index in [-0.39, 0.29) is 12.6 Å². The second kappa shape index (κ2) is 10.4. The van der Waals surface area contributed by atoms with Crippen molar-refractivity contribution < 1.29 is 5.11 Å². The number of aliphatic hydroxyl groups is 1. The Morgan fingerprint density at radius 1 is 0.848 bits per heavy atom. The molecule has 0 aliphatic carbocycles. The normalized spacial score (nSPS) is 24.1. The zero-order valence-electron chi connectivity index (χ0n) is 19.1. The Morgan fingerprint density at radius 3 is 2.27 bits per heavy atom. The SMILES string of the molecule is OC[C@H]1[C@H](c2ccc(/C=C/c3ccccc3)cc2)[C@@H]2CN(Cc3ccncc3)CCCCN12. The highest BCUT2D eigenvalue weighted by molar-refractivity contribution is 5.69. The van der Waals surface area contributed by atoms with E-state index < -0.39 is 0 Å². The Balaban J connectivity index is 1.31. The number of pyridine rings is 1. The van der Waals surface area contributed by atoms with Crippen LogP contribution in [-0.4, -0.2) is 58.2 Å². The van der Waals surface area contributed by atoms with Crippen LogP contribution in [0.1, 0.15) is 41.0 Å². The first-order valence-electron chi connectivity index (χ1n) is 12.1. The monoisotopic (exact) mass is 439 g/mol. The summed E-state index contributed by atoms with van der Waals surface area (Å²) in [7, 11) is 0. The number of hydrogen-bond donors (Lipinski definition) is 1. The Kier molecular flexibility index (Phi) is 6.96. The van der Waals surface area contributed by atoms with Crippen LogP contribution >= 0.6 is 0 Å². The molecule has 2 saturated heterocycles. The van der Waals surface area contributed by atoms with Crippen molar-refractivity contribution in [3.63, 3.8) is 0 Å². The zero-order valence-corrected chi connectivity index (χ0v) is 19.1. The Bertz CT molecular complexity index is 1040. The number of aliphatic hydroxyl groups excluding tert-OH is 1. The van der Waals surface area contributed by atoms with Gasteiger partial charge in [0.2, 0.25) is 0 Å². The number of benzene rings is 2. The summed E-state index contributed by atoms with van der Waals surface area (Å²) in [6, 6.07) is 24.3. The van der Waals surface area contributed by atoms with E-state index in [2.05, 4.69) is 87.6 Å². The van der Waals surface area contributed by atoms with E-state index in [0.717, 1.165) is 26.2 Å². The molecule has 1 aromatic heterocycles. The van der Waals surface area contributed by atoms with Gasteiger partial charge in [-0.1, -0.05) is 66.7 Å². The molecule has 3 aromatic rings. The number of hydrogen-bond acceptors (Lipinski definition) is 4. The summed E-state index contributed by atoms with van der Waals surface area (Å²) in [6.45, 7) is 4.45. The standard InChI is InChI=1S/C29H33N3O/c33-22-28-29(26-12-10-24(11-13-26)9-8-23-6-2-1-3-7-23)27-21-31(18-4-5-19-32(27)28)20-25-14-16-30-17-15-25/h1-3,6-17,27-29,33H,4-5,18-22H2/b9-8+/t27-,28-,29+/m0/s1. The van der Waals surface area contributed by atoms with Gasteiger partial charge >= 0.3 is 0 Å². The van der Waals surface area contributed by atoms with Crippen molar-refractivity contribution >= 4 is 12.2 Å². The maximum absolute atomic E-state index is 10.2. The van der Waals surface area contributed by atoms with Gasteiger partial charge in [-0.25, -0.2) is 0 Å². The van der Waals surface area contributed by atoms with E-state index in [1.54, 1.807) is 0 Å². The molecule has 2 aliphatic rings. The third-order valence-electron chi connectivity index (χ3n) is 7.20. The number of aromatic nitrogens is 1. The molecule has 2 aromatic carbocycles. The van der Waals surface area contributed by atoms with Crippen molar-refractivity contribution in [2.75, 3.05) is 26.2 Å². The van der Waals surface area contributed by atoms with E-state index in [4.69, 9.17) is 0 Å². The first kappa shape index (κ1) is 22.0. The van der Waals surface area contributed by atoms with Crippen LogP contribution in [0.5, 0.6) is 0 Å². The molecule has 33 heavy (non-hydrogen) atoms. The van der Waals surface area contributed by atoms with Crippen molar-refractivity contribution in [3.8, 4) is 0 Å². The van der Waals surface area contributed by atoms with Crippen LogP contribution < -0.4 is 0 Å². The fourth-order valence-corrected chi connectivity index (χ4v) is 5.49. The Hall–Kier alpha value is -2.79. The van der Waals surface area contributed by atoms with Crippen LogP contribution in [-0.2, 0) is 6.54 Å². The van der Waals surface area contributed by atoms with Gasteiger partial charge in [-0.05, 0) is 60.3 Å². The van der Waals surface area contributed by atoms with Gasteiger partial charge in [0.15, 0.2) is 0 Å². The van der Waals surface area contributed by atoms with Gasteiger partial charge in [-0.2, -0.15) is 0 Å². The molecule has 0 spiro atoms. The van der Waals surface area contributed by atoms with E-state index in [1.807, 2.05) is 18.5 Å². The van der Waals surface area contributed by atoms with Gasteiger partial charge in [0.05, 0.1) is 6.61 Å². The third kappa shape index (κ3) is 5.09. The molecule has 3 heterocycles. The molecule has 4 nitrogen and oxygen atoms in total. The van der Waals surface area contributed by atoms with Crippen LogP contribution in [0.2, 0.25) is 0 Å². The smallest absolute Gasteiger partial charge is 0.0593 e. The summed E-state index contributed by atoms with van der Waals surface area (Å²) in [5.41, 5.74) is 5.08. The molecular weight excluding hydrogens is 406 g/mol. The topological polar surface area (TPSA) is 39.6 Å². The average molecular weight is 440 g/mol. The van der Waals surface area contributed by atoms with Gasteiger partial charge in [-0.3, -0.25) is 14.8 Å². The molecule has 2 aliphatic heterocycles. The second-order valence-electron chi connectivity index (χ2n) is 9.29. The van der Waals surface area contributed by atoms with Crippen LogP contribution in [0.15, 0.2) is 79.1 Å². The molecule has 0 unspecified atom stereocenters. The van der Waals surface area contributed by atoms with Gasteiger partial charge in [0.25, 0.3) is 0 Å². The largest absolute Gasteiger partial charge is 0.395 e. The predicted octanol–water partition coefficient (Wildman–Crippen LogP) is 4.68. The molecular formula is C29H33N3O. The number of rotatable bonds is 6. The van der Waals surface area contributed by atoms with Gasteiger partial charge < -0.3 is 5.11 Å². The summed E-state index contributed by atoms with van der Waals surface area (Å²) >= 11 is 0. The van der Waals surface area contributed by atoms with Crippen molar-refractivity contribution in [1.29, 1.82) is 0 Å². The van der Waals surface area contributed by atoms with Crippen molar-refractivity contribution in [1.82, 2.24) is 14.8 Å². The number of nitrogens with zero attached hydrogens (tertiary/aromatic N) is 3. The summed E-state index contributed by atoms with van der Waals surface area (Å²) in [5, 5.41) is 10.2. The van der Waals surface area contributed by atoms with Crippen molar-refractivity contribution in [2.24, 2.45) is 0 Å². The summed E-state index contributed by atoms with van der Waals surface area (Å²) < 4.78 is 0. The molecule has 0 saturated carbocycles. The highest BCUT2D eigenvalue weighted by Gasteiger charge is 2.48. The molecule has 170 valence electrons. The lowest BCUT2D eigenvalue weighted by Gasteiger charge is -2.57. The second-order valence-corrected chi connectivity index (χ2v) is 9.29. The molecule has 3 atom stereocenters. The van der Waals surface area contributed by atoms with Gasteiger partial charge in [-0.15, -0.1) is 0 Å². The molecule has 0 amide bonds. The summed E-state index contributed by atoms with van der Waals surface area (Å²) in [4.78, 5) is 9.30. The molecule has 1 N–H and O–H groups in total. The minimum atomic E-state index is 0.223. The van der Waals surface area contributed by atoms with Crippen LogP contribution in [0, 0.1) is 0 Å². The maximum atomic E-state index is 10.2. The number of fused-ring (bicyclic) bond motifs is 1. The first-order valence-corrected chi connectivity index (χ1v) is 12.1. The fraction of sp³-hybridized carbons (Fsp3) is 0.345. The van der Waals surface area contributed by atoms with Crippen LogP contribution in [0.25, 0.3) is 12.2 Å². The van der Waals surface area contributed by atoms with E-state index in [1.165, 1.54) is 35.1 Å². The highest BCUT2D eigenvalue weighted by Crippen LogP contribution is 2.42. The Morgan fingerprint density at radius 2 is 1.55 bits per heavy atom. The lowest BCUT2D eigenvalue weighted by atomic mass is 9.74. The summed E-state index contributed by atoms with van der Waals surface area (Å²) in [5.74, 6) is 0.375. The quantitative estimate of drug-likeness (QED) is 0.566. The first-order chi connectivity index (χ1) is 16.3. The van der Waals surface area contributed by atoms with Crippen molar-refractivity contribution in [2.45, 2.75) is 37.4 Å². The molecule has 4 heteroatoms. The maximum Gasteiger partial charge on any atom is 0.0593 e. The lowest BCUT2D eigenvalue weighted by Crippen LogP contribution is -2.67. The van der Waals surface area contributed by atoms with E-state index in [9.17, 15) is 5.11 Å². The van der Waals surface area contributed by atoms with Gasteiger partial charge in [0, 0.05) is 43.5 Å². The summed E-state index contributed by atoms with van der Waals surface area (Å²) in [6.07, 6.45) is 10.5. The minimum absolute atomic E-state index is 0.223. The van der Waals surface area contributed by atoms with Crippen LogP contribution in [0.4, 0.5) is 0 Å². The highest BCUT2D eigenvalue weighted by atomic mass is 16.3. The van der Waals surface area contributed by atoms with E-state index in [0.29, 0.717) is 12.0 Å². The van der Waals surface area contributed by atoms with Crippen molar-refractivity contribution in [3.05, 3.63) is 101 Å². The molecule has 0 bridgehead atoms. The van der Waals surface area contributed by atoms with E-state index >= 15 is 0 Å². The van der Waals surface area contributed by atoms with Gasteiger partial charge in [0.1, 0.15) is 0 Å². The molecule has 0 radical (unpaired) electrons. The minimum Gasteiger partial charge on any atom is -0.395 e. The molecule has 5 rings (SSSR count). The Labute approximate surface area is 197 Å². The lowest BCUT2D eigenvalue weighted by molar-refractivity contribution is -0.0655. The average Bonchev–Trinajstić information content (AvgIpc) is 2.85. The molecule has 2 fully saturated rings. The fourth-order valence-electron chi connectivity index (χ4n) is 5.49. The van der Waals surface area contributed by atoms with Crippen LogP contribution in [0.3, 0.4) is 0 Å². The zero-order chi connectivity index (χ0) is 22.5. The third-order valence-corrected chi connectivity index (χ3v) is 7.20.